The Kier molecular flexibility index (Phi) is 5.20. The molecule has 2 atom stereocenters. The first-order chi connectivity index (χ1) is 6.74. The van der Waals surface area contributed by atoms with Gasteiger partial charge in [0.15, 0.2) is 0 Å². The van der Waals surface area contributed by atoms with Crippen LogP contribution in [0.2, 0.25) is 0 Å². The molecule has 1 aliphatic rings. The van der Waals surface area contributed by atoms with Crippen molar-refractivity contribution in [2.75, 3.05) is 0 Å². The molecular weight excluding hydrogens is 176 g/mol. The van der Waals surface area contributed by atoms with E-state index in [1.807, 2.05) is 0 Å². The van der Waals surface area contributed by atoms with E-state index in [9.17, 15) is 10.2 Å². The summed E-state index contributed by atoms with van der Waals surface area (Å²) in [4.78, 5) is 0. The number of hydrogen-bond donors (Lipinski definition) is 2. The van der Waals surface area contributed by atoms with Gasteiger partial charge in [0.2, 0.25) is 0 Å². The molecule has 0 saturated heterocycles. The summed E-state index contributed by atoms with van der Waals surface area (Å²) in [5.74, 6) is 0.420. The van der Waals surface area contributed by atoms with Crippen LogP contribution in [0.1, 0.15) is 44.9 Å². The lowest BCUT2D eigenvalue weighted by Crippen LogP contribution is -2.27. The highest BCUT2D eigenvalue weighted by atomic mass is 16.3. The maximum absolute atomic E-state index is 9.88. The zero-order valence-corrected chi connectivity index (χ0v) is 8.86. The third-order valence-corrected chi connectivity index (χ3v) is 3.15. The summed E-state index contributed by atoms with van der Waals surface area (Å²) in [5, 5.41) is 19.4. The van der Waals surface area contributed by atoms with Crippen molar-refractivity contribution in [3.63, 3.8) is 0 Å². The SMILES string of the molecule is C=CCC(O)CC(O)C1CCCCC1. The quantitative estimate of drug-likeness (QED) is 0.665. The number of aliphatic hydroxyl groups excluding tert-OH is 2. The third-order valence-electron chi connectivity index (χ3n) is 3.15. The fourth-order valence-corrected chi connectivity index (χ4v) is 2.28. The molecule has 0 aromatic rings. The van der Waals surface area contributed by atoms with Crippen molar-refractivity contribution < 1.29 is 10.2 Å². The number of rotatable bonds is 5. The second-order valence-corrected chi connectivity index (χ2v) is 4.38. The number of hydrogen-bond acceptors (Lipinski definition) is 2. The van der Waals surface area contributed by atoms with Crippen molar-refractivity contribution in [3.05, 3.63) is 12.7 Å². The average molecular weight is 198 g/mol. The van der Waals surface area contributed by atoms with Crippen LogP contribution in [-0.4, -0.2) is 22.4 Å². The second kappa shape index (κ2) is 6.20. The molecule has 0 bridgehead atoms. The predicted molar refractivity (Wildman–Crippen MR) is 58.0 cm³/mol. The number of aliphatic hydroxyl groups is 2. The first kappa shape index (κ1) is 11.7. The van der Waals surface area contributed by atoms with Crippen molar-refractivity contribution in [2.45, 2.75) is 57.2 Å². The normalized spacial score (nSPS) is 23.0. The molecule has 0 radical (unpaired) electrons. The van der Waals surface area contributed by atoms with Crippen LogP contribution in [-0.2, 0) is 0 Å². The van der Waals surface area contributed by atoms with E-state index < -0.39 is 6.10 Å². The van der Waals surface area contributed by atoms with E-state index in [1.165, 1.54) is 19.3 Å². The summed E-state index contributed by atoms with van der Waals surface area (Å²) in [6.07, 6.45) is 8.11. The van der Waals surface area contributed by atoms with E-state index in [4.69, 9.17) is 0 Å². The molecule has 1 fully saturated rings. The van der Waals surface area contributed by atoms with Gasteiger partial charge >= 0.3 is 0 Å². The van der Waals surface area contributed by atoms with Gasteiger partial charge in [0.25, 0.3) is 0 Å². The predicted octanol–water partition coefficient (Wildman–Crippen LogP) is 2.25. The highest BCUT2D eigenvalue weighted by Crippen LogP contribution is 2.28. The molecule has 1 rings (SSSR count). The van der Waals surface area contributed by atoms with Gasteiger partial charge in [0.1, 0.15) is 0 Å². The van der Waals surface area contributed by atoms with E-state index in [2.05, 4.69) is 6.58 Å². The Morgan fingerprint density at radius 3 is 2.43 bits per heavy atom. The molecule has 1 aliphatic carbocycles. The Morgan fingerprint density at radius 2 is 1.86 bits per heavy atom. The average Bonchev–Trinajstić information content (AvgIpc) is 2.19. The van der Waals surface area contributed by atoms with Crippen LogP contribution in [0.15, 0.2) is 12.7 Å². The minimum Gasteiger partial charge on any atom is -0.393 e. The van der Waals surface area contributed by atoms with E-state index in [0.29, 0.717) is 18.8 Å². The smallest absolute Gasteiger partial charge is 0.0599 e. The minimum atomic E-state index is -0.413. The van der Waals surface area contributed by atoms with Crippen LogP contribution in [0.5, 0.6) is 0 Å². The molecule has 0 spiro atoms. The third kappa shape index (κ3) is 3.81. The Bertz CT molecular complexity index is 162. The fraction of sp³-hybridized carbons (Fsp3) is 0.833. The van der Waals surface area contributed by atoms with Crippen molar-refractivity contribution in [1.29, 1.82) is 0 Å². The topological polar surface area (TPSA) is 40.5 Å². The molecule has 2 heteroatoms. The molecule has 0 aromatic heterocycles. The molecule has 1 saturated carbocycles. The van der Waals surface area contributed by atoms with Gasteiger partial charge in [0, 0.05) is 0 Å². The molecule has 0 aliphatic heterocycles. The molecule has 2 N–H and O–H groups in total. The highest BCUT2D eigenvalue weighted by Gasteiger charge is 2.23. The monoisotopic (exact) mass is 198 g/mol. The molecule has 82 valence electrons. The van der Waals surface area contributed by atoms with Gasteiger partial charge in [-0.15, -0.1) is 6.58 Å². The summed E-state index contributed by atoms with van der Waals surface area (Å²) in [6.45, 7) is 3.58. The fourth-order valence-electron chi connectivity index (χ4n) is 2.28. The standard InChI is InChI=1S/C12H22O2/c1-2-6-11(13)9-12(14)10-7-4-3-5-8-10/h2,10-14H,1,3-9H2. The lowest BCUT2D eigenvalue weighted by molar-refractivity contribution is 0.0320. The van der Waals surface area contributed by atoms with Gasteiger partial charge in [0.05, 0.1) is 12.2 Å². The van der Waals surface area contributed by atoms with Crippen molar-refractivity contribution in [3.8, 4) is 0 Å². The minimum absolute atomic E-state index is 0.315. The first-order valence-electron chi connectivity index (χ1n) is 5.71. The van der Waals surface area contributed by atoms with Gasteiger partial charge in [-0.1, -0.05) is 25.3 Å². The highest BCUT2D eigenvalue weighted by molar-refractivity contribution is 4.79. The molecular formula is C12H22O2. The van der Waals surface area contributed by atoms with Gasteiger partial charge in [-0.2, -0.15) is 0 Å². The lowest BCUT2D eigenvalue weighted by Gasteiger charge is -2.27. The molecule has 0 aromatic carbocycles. The lowest BCUT2D eigenvalue weighted by atomic mass is 9.83. The summed E-state index contributed by atoms with van der Waals surface area (Å²) in [6, 6.07) is 0. The van der Waals surface area contributed by atoms with Gasteiger partial charge in [-0.05, 0) is 31.6 Å². The molecule has 14 heavy (non-hydrogen) atoms. The summed E-state index contributed by atoms with van der Waals surface area (Å²) >= 11 is 0. The van der Waals surface area contributed by atoms with Crippen molar-refractivity contribution in [2.24, 2.45) is 5.92 Å². The van der Waals surface area contributed by atoms with Crippen LogP contribution >= 0.6 is 0 Å². The van der Waals surface area contributed by atoms with Crippen LogP contribution in [0.3, 0.4) is 0 Å². The Hall–Kier alpha value is -0.340. The van der Waals surface area contributed by atoms with Gasteiger partial charge in [-0.3, -0.25) is 0 Å². The Balaban J connectivity index is 2.24. The van der Waals surface area contributed by atoms with Crippen LogP contribution in [0.25, 0.3) is 0 Å². The second-order valence-electron chi connectivity index (χ2n) is 4.38. The maximum atomic E-state index is 9.88. The van der Waals surface area contributed by atoms with E-state index >= 15 is 0 Å². The van der Waals surface area contributed by atoms with Crippen LogP contribution in [0, 0.1) is 5.92 Å². The Morgan fingerprint density at radius 1 is 1.21 bits per heavy atom. The largest absolute Gasteiger partial charge is 0.393 e. The van der Waals surface area contributed by atoms with Crippen molar-refractivity contribution >= 4 is 0 Å². The van der Waals surface area contributed by atoms with Crippen LogP contribution in [0.4, 0.5) is 0 Å². The first-order valence-corrected chi connectivity index (χ1v) is 5.71. The molecule has 2 nitrogen and oxygen atoms in total. The zero-order chi connectivity index (χ0) is 10.4. The summed E-state index contributed by atoms with van der Waals surface area (Å²) < 4.78 is 0. The van der Waals surface area contributed by atoms with Gasteiger partial charge in [-0.25, -0.2) is 0 Å². The van der Waals surface area contributed by atoms with E-state index in [1.54, 1.807) is 6.08 Å². The Labute approximate surface area is 86.6 Å². The summed E-state index contributed by atoms with van der Waals surface area (Å²) in [7, 11) is 0. The van der Waals surface area contributed by atoms with Crippen LogP contribution < -0.4 is 0 Å². The zero-order valence-electron chi connectivity index (χ0n) is 8.86. The van der Waals surface area contributed by atoms with Gasteiger partial charge < -0.3 is 10.2 Å². The molecule has 2 unspecified atom stereocenters. The van der Waals surface area contributed by atoms with Crippen molar-refractivity contribution in [1.82, 2.24) is 0 Å². The van der Waals surface area contributed by atoms with E-state index in [0.717, 1.165) is 12.8 Å². The molecule has 0 heterocycles. The molecule has 0 amide bonds. The van der Waals surface area contributed by atoms with E-state index in [-0.39, 0.29) is 6.10 Å². The maximum Gasteiger partial charge on any atom is 0.0599 e. The summed E-state index contributed by atoms with van der Waals surface area (Å²) in [5.41, 5.74) is 0.